The Morgan fingerprint density at radius 3 is 2.36 bits per heavy atom. The van der Waals surface area contributed by atoms with Crippen LogP contribution in [0.5, 0.6) is 0 Å². The lowest BCUT2D eigenvalue weighted by atomic mass is 10.1. The molecular formula is C9H14F2N2O. The van der Waals surface area contributed by atoms with Crippen LogP contribution < -0.4 is 5.73 Å². The molecule has 14 heavy (non-hydrogen) atoms. The highest BCUT2D eigenvalue weighted by Gasteiger charge is 2.53. The van der Waals surface area contributed by atoms with Gasteiger partial charge in [0.05, 0.1) is 12.0 Å². The number of nitrogens with two attached hydrogens (primary N) is 1. The van der Waals surface area contributed by atoms with Crippen LogP contribution in [-0.2, 0) is 4.79 Å². The molecule has 2 N–H and O–H groups in total. The van der Waals surface area contributed by atoms with Gasteiger partial charge in [-0.1, -0.05) is 0 Å². The Bertz CT molecular complexity index is 264. The summed E-state index contributed by atoms with van der Waals surface area (Å²) in [5.74, 6) is -2.86. The van der Waals surface area contributed by atoms with E-state index in [1.54, 1.807) is 0 Å². The first-order valence-electron chi connectivity index (χ1n) is 4.86. The van der Waals surface area contributed by atoms with Crippen molar-refractivity contribution in [2.24, 2.45) is 11.1 Å². The van der Waals surface area contributed by atoms with E-state index >= 15 is 0 Å². The van der Waals surface area contributed by atoms with Crippen molar-refractivity contribution in [1.29, 1.82) is 0 Å². The Morgan fingerprint density at radius 1 is 1.36 bits per heavy atom. The van der Waals surface area contributed by atoms with E-state index in [9.17, 15) is 13.6 Å². The summed E-state index contributed by atoms with van der Waals surface area (Å²) in [4.78, 5) is 13.0. The second-order valence-electron chi connectivity index (χ2n) is 4.32. The second kappa shape index (κ2) is 2.89. The van der Waals surface area contributed by atoms with Crippen LogP contribution >= 0.6 is 0 Å². The van der Waals surface area contributed by atoms with Gasteiger partial charge in [0.15, 0.2) is 0 Å². The van der Waals surface area contributed by atoms with Gasteiger partial charge >= 0.3 is 0 Å². The van der Waals surface area contributed by atoms with Crippen LogP contribution in [0, 0.1) is 5.41 Å². The molecule has 0 radical (unpaired) electrons. The highest BCUT2D eigenvalue weighted by molar-refractivity contribution is 5.86. The predicted octanol–water partition coefficient (Wildman–Crippen LogP) is 0.593. The van der Waals surface area contributed by atoms with Crippen LogP contribution in [0.1, 0.15) is 19.3 Å². The van der Waals surface area contributed by atoms with Gasteiger partial charge in [0.25, 0.3) is 5.92 Å². The number of hydrogen-bond acceptors (Lipinski definition) is 2. The van der Waals surface area contributed by atoms with E-state index in [0.717, 1.165) is 12.8 Å². The van der Waals surface area contributed by atoms with Gasteiger partial charge in [-0.15, -0.1) is 0 Å². The zero-order chi connectivity index (χ0) is 10.4. The van der Waals surface area contributed by atoms with Gasteiger partial charge in [0.1, 0.15) is 0 Å². The summed E-state index contributed by atoms with van der Waals surface area (Å²) in [6.07, 6.45) is 1.30. The molecule has 1 amide bonds. The van der Waals surface area contributed by atoms with Gasteiger partial charge in [-0.25, -0.2) is 8.78 Å². The number of hydrogen-bond donors (Lipinski definition) is 1. The van der Waals surface area contributed by atoms with Crippen molar-refractivity contribution in [3.63, 3.8) is 0 Å². The Morgan fingerprint density at radius 2 is 2.00 bits per heavy atom. The van der Waals surface area contributed by atoms with Gasteiger partial charge < -0.3 is 10.6 Å². The molecule has 1 saturated carbocycles. The number of alkyl halides is 2. The fourth-order valence-electron chi connectivity index (χ4n) is 1.90. The predicted molar refractivity (Wildman–Crippen MR) is 46.9 cm³/mol. The third-order valence-corrected chi connectivity index (χ3v) is 3.15. The summed E-state index contributed by atoms with van der Waals surface area (Å²) in [7, 11) is 0. The van der Waals surface area contributed by atoms with Gasteiger partial charge in [0, 0.05) is 19.5 Å². The molecule has 0 unspecified atom stereocenters. The Labute approximate surface area is 81.2 Å². The molecule has 0 aromatic heterocycles. The average molecular weight is 204 g/mol. The molecule has 1 aliphatic heterocycles. The summed E-state index contributed by atoms with van der Waals surface area (Å²) in [5.41, 5.74) is 4.98. The van der Waals surface area contributed by atoms with Crippen LogP contribution in [0.4, 0.5) is 8.78 Å². The molecule has 0 aromatic rings. The van der Waals surface area contributed by atoms with Crippen LogP contribution in [0.15, 0.2) is 0 Å². The van der Waals surface area contributed by atoms with Gasteiger partial charge in [-0.3, -0.25) is 4.79 Å². The maximum atomic E-state index is 12.8. The molecule has 1 saturated heterocycles. The molecule has 2 fully saturated rings. The Kier molecular flexibility index (Phi) is 2.03. The van der Waals surface area contributed by atoms with Crippen LogP contribution in [-0.4, -0.2) is 36.4 Å². The summed E-state index contributed by atoms with van der Waals surface area (Å²) >= 11 is 0. The van der Waals surface area contributed by atoms with E-state index in [4.69, 9.17) is 5.73 Å². The van der Waals surface area contributed by atoms with Crippen molar-refractivity contribution in [2.75, 3.05) is 19.6 Å². The zero-order valence-electron chi connectivity index (χ0n) is 7.93. The lowest BCUT2D eigenvalue weighted by Crippen LogP contribution is -2.40. The van der Waals surface area contributed by atoms with Crippen LogP contribution in [0.25, 0.3) is 0 Å². The topological polar surface area (TPSA) is 46.3 Å². The monoisotopic (exact) mass is 204 g/mol. The minimum Gasteiger partial charge on any atom is -0.336 e. The molecule has 5 heteroatoms. The van der Waals surface area contributed by atoms with E-state index in [0.29, 0.717) is 0 Å². The molecule has 0 bridgehead atoms. The zero-order valence-corrected chi connectivity index (χ0v) is 7.93. The van der Waals surface area contributed by atoms with E-state index in [-0.39, 0.29) is 25.4 Å². The third kappa shape index (κ3) is 1.49. The largest absolute Gasteiger partial charge is 0.336 e. The second-order valence-corrected chi connectivity index (χ2v) is 4.32. The number of carbonyl (C=O) groups excluding carboxylic acids is 1. The number of nitrogens with zero attached hydrogens (tertiary/aromatic N) is 1. The minimum absolute atomic E-state index is 0.169. The summed E-state index contributed by atoms with van der Waals surface area (Å²) in [5, 5.41) is 0. The number of amides is 1. The van der Waals surface area contributed by atoms with E-state index < -0.39 is 17.9 Å². The Balaban J connectivity index is 2.01. The molecule has 0 spiro atoms. The van der Waals surface area contributed by atoms with Gasteiger partial charge in [0.2, 0.25) is 5.91 Å². The molecule has 3 nitrogen and oxygen atoms in total. The van der Waals surface area contributed by atoms with Crippen LogP contribution in [0.3, 0.4) is 0 Å². The minimum atomic E-state index is -2.69. The lowest BCUT2D eigenvalue weighted by Gasteiger charge is -2.21. The fourth-order valence-corrected chi connectivity index (χ4v) is 1.90. The standard InChI is InChI=1S/C9H14F2N2O/c10-9(11)3-4-13(6-9)7(14)8(5-12)1-2-8/h1-6,12H2. The van der Waals surface area contributed by atoms with Gasteiger partial charge in [-0.2, -0.15) is 0 Å². The molecule has 80 valence electrons. The summed E-state index contributed by atoms with van der Waals surface area (Å²) in [6.45, 7) is 0.0368. The molecule has 0 aromatic carbocycles. The quantitative estimate of drug-likeness (QED) is 0.715. The van der Waals surface area contributed by atoms with Gasteiger partial charge in [-0.05, 0) is 12.8 Å². The summed E-state index contributed by atoms with van der Waals surface area (Å²) in [6, 6.07) is 0. The summed E-state index contributed by atoms with van der Waals surface area (Å²) < 4.78 is 25.7. The first-order chi connectivity index (χ1) is 6.49. The van der Waals surface area contributed by atoms with Crippen molar-refractivity contribution >= 4 is 5.91 Å². The number of carbonyl (C=O) groups is 1. The highest BCUT2D eigenvalue weighted by atomic mass is 19.3. The normalized spacial score (nSPS) is 27.8. The molecule has 1 heterocycles. The van der Waals surface area contributed by atoms with Crippen LogP contribution in [0.2, 0.25) is 0 Å². The van der Waals surface area contributed by atoms with Crippen molar-refractivity contribution in [3.8, 4) is 0 Å². The third-order valence-electron chi connectivity index (χ3n) is 3.15. The molecule has 2 rings (SSSR count). The SMILES string of the molecule is NCC1(C(=O)N2CCC(F)(F)C2)CC1. The average Bonchev–Trinajstić information content (AvgIpc) is 2.85. The number of halogens is 2. The van der Waals surface area contributed by atoms with E-state index in [2.05, 4.69) is 0 Å². The van der Waals surface area contributed by atoms with E-state index in [1.807, 2.05) is 0 Å². The maximum Gasteiger partial charge on any atom is 0.267 e. The van der Waals surface area contributed by atoms with Crippen molar-refractivity contribution < 1.29 is 13.6 Å². The highest BCUT2D eigenvalue weighted by Crippen LogP contribution is 2.47. The fraction of sp³-hybridized carbons (Fsp3) is 0.889. The maximum absolute atomic E-state index is 12.8. The number of likely N-dealkylation sites (tertiary alicyclic amines) is 1. The Hall–Kier alpha value is -0.710. The molecule has 2 aliphatic rings. The first kappa shape index (κ1) is 9.83. The molecule has 0 atom stereocenters. The molecular weight excluding hydrogens is 190 g/mol. The smallest absolute Gasteiger partial charge is 0.267 e. The first-order valence-corrected chi connectivity index (χ1v) is 4.86. The molecule has 1 aliphatic carbocycles. The number of rotatable bonds is 2. The van der Waals surface area contributed by atoms with Crippen molar-refractivity contribution in [3.05, 3.63) is 0 Å². The van der Waals surface area contributed by atoms with E-state index in [1.165, 1.54) is 4.90 Å². The lowest BCUT2D eigenvalue weighted by molar-refractivity contribution is -0.137. The van der Waals surface area contributed by atoms with Crippen molar-refractivity contribution in [1.82, 2.24) is 4.90 Å². The van der Waals surface area contributed by atoms with Crippen molar-refractivity contribution in [2.45, 2.75) is 25.2 Å².